The average molecular weight is 438 g/mol. The summed E-state index contributed by atoms with van der Waals surface area (Å²) >= 11 is -0.826. The Kier molecular flexibility index (Phi) is 7.67. The number of hydrogen-bond donors (Lipinski definition) is 0. The second-order valence-electron chi connectivity index (χ2n) is 6.24. The number of rotatable bonds is 3. The number of halogens is 2. The Hall–Kier alpha value is -0.487. The van der Waals surface area contributed by atoms with Gasteiger partial charge in [0, 0.05) is 0 Å². The van der Waals surface area contributed by atoms with Crippen molar-refractivity contribution in [1.29, 1.82) is 0 Å². The fourth-order valence-corrected chi connectivity index (χ4v) is 3.15. The van der Waals surface area contributed by atoms with Crippen molar-refractivity contribution in [1.82, 2.24) is 0 Å². The van der Waals surface area contributed by atoms with Crippen molar-refractivity contribution in [2.45, 2.75) is 40.0 Å². The number of benzene rings is 2. The van der Waals surface area contributed by atoms with Crippen LogP contribution in [-0.4, -0.2) is 0 Å². The number of fused-ring (bicyclic) bond motifs is 1. The Morgan fingerprint density at radius 2 is 1.71 bits per heavy atom. The Morgan fingerprint density at radius 1 is 1.04 bits per heavy atom. The van der Waals surface area contributed by atoms with E-state index in [9.17, 15) is 0 Å². The van der Waals surface area contributed by atoms with Crippen molar-refractivity contribution in [2.75, 3.05) is 0 Å². The molecule has 0 saturated carbocycles. The average Bonchev–Trinajstić information content (AvgIpc) is 3.00. The maximum absolute atomic E-state index is 4.93. The van der Waals surface area contributed by atoms with Crippen LogP contribution in [0.4, 0.5) is 0 Å². The Bertz CT molecular complexity index is 805. The van der Waals surface area contributed by atoms with Crippen LogP contribution in [-0.2, 0) is 20.8 Å². The van der Waals surface area contributed by atoms with Gasteiger partial charge in [-0.05, 0) is 30.9 Å². The van der Waals surface area contributed by atoms with E-state index in [1.807, 2.05) is 0 Å². The van der Waals surface area contributed by atoms with Crippen LogP contribution in [0.3, 0.4) is 0 Å². The third kappa shape index (κ3) is 4.37. The van der Waals surface area contributed by atoms with E-state index in [0.29, 0.717) is 5.92 Å². The fourth-order valence-electron chi connectivity index (χ4n) is 3.15. The molecule has 0 aromatic heterocycles. The molecule has 0 saturated heterocycles. The molecule has 0 heterocycles. The Labute approximate surface area is 164 Å². The molecule has 0 aliphatic rings. The van der Waals surface area contributed by atoms with Gasteiger partial charge in [0.05, 0.1) is 0 Å². The molecule has 0 radical (unpaired) electrons. The quantitative estimate of drug-likeness (QED) is 0.368. The summed E-state index contributed by atoms with van der Waals surface area (Å²) < 4.78 is 0. The maximum atomic E-state index is 4.93. The van der Waals surface area contributed by atoms with E-state index in [0.717, 1.165) is 0 Å². The van der Waals surface area contributed by atoms with E-state index in [2.05, 4.69) is 76.2 Å². The molecule has 0 aliphatic carbocycles. The van der Waals surface area contributed by atoms with E-state index in [-0.39, 0.29) is 0 Å². The molecule has 0 aliphatic heterocycles. The molecule has 0 spiro atoms. The van der Waals surface area contributed by atoms with Crippen molar-refractivity contribution in [3.05, 3.63) is 65.2 Å². The normalized spacial score (nSPS) is 11.8. The number of aryl methyl sites for hydroxylation is 2. The summed E-state index contributed by atoms with van der Waals surface area (Å²) in [6.07, 6.45) is 1.19. The molecule has 24 heavy (non-hydrogen) atoms. The van der Waals surface area contributed by atoms with Gasteiger partial charge in [0.2, 0.25) is 0 Å². The van der Waals surface area contributed by atoms with Gasteiger partial charge in [0.25, 0.3) is 0 Å². The van der Waals surface area contributed by atoms with Gasteiger partial charge in [-0.1, -0.05) is 55.7 Å². The van der Waals surface area contributed by atoms with Gasteiger partial charge < -0.3 is 0 Å². The summed E-state index contributed by atoms with van der Waals surface area (Å²) in [7, 11) is 9.87. The minimum absolute atomic E-state index is 0.627. The SMILES string of the molecule is CCC(C)c1cc2c(-c3ccccc3C)c(C)ccc2[cH-]1.[Cl][Zr][Cl]. The van der Waals surface area contributed by atoms with Gasteiger partial charge in [0.15, 0.2) is 0 Å². The molecule has 3 heteroatoms. The molecule has 3 aromatic carbocycles. The zero-order valence-electron chi connectivity index (χ0n) is 14.7. The molecular formula is C21H23Cl2Zr-. The summed E-state index contributed by atoms with van der Waals surface area (Å²) in [4.78, 5) is 0. The molecule has 0 amide bonds. The van der Waals surface area contributed by atoms with Crippen molar-refractivity contribution in [3.63, 3.8) is 0 Å². The molecule has 1 unspecified atom stereocenters. The predicted molar refractivity (Wildman–Crippen MR) is 105 cm³/mol. The van der Waals surface area contributed by atoms with Gasteiger partial charge in [0.1, 0.15) is 0 Å². The Morgan fingerprint density at radius 3 is 2.33 bits per heavy atom. The third-order valence-corrected chi connectivity index (χ3v) is 4.72. The van der Waals surface area contributed by atoms with E-state index in [1.54, 1.807) is 0 Å². The van der Waals surface area contributed by atoms with Crippen molar-refractivity contribution in [2.24, 2.45) is 0 Å². The van der Waals surface area contributed by atoms with E-state index >= 15 is 0 Å². The van der Waals surface area contributed by atoms with Crippen molar-refractivity contribution < 1.29 is 20.8 Å². The van der Waals surface area contributed by atoms with Crippen LogP contribution >= 0.6 is 17.0 Å². The second-order valence-corrected chi connectivity index (χ2v) is 9.98. The molecule has 126 valence electrons. The minimum atomic E-state index is -0.826. The predicted octanol–water partition coefficient (Wildman–Crippen LogP) is 7.73. The molecule has 0 bridgehead atoms. The first-order chi connectivity index (χ1) is 11.5. The van der Waals surface area contributed by atoms with Gasteiger partial charge in [-0.25, -0.2) is 0 Å². The molecule has 0 N–H and O–H groups in total. The molecule has 0 nitrogen and oxygen atoms in total. The van der Waals surface area contributed by atoms with Crippen LogP contribution in [0.15, 0.2) is 48.5 Å². The number of hydrogen-bond acceptors (Lipinski definition) is 0. The van der Waals surface area contributed by atoms with E-state index in [4.69, 9.17) is 17.0 Å². The van der Waals surface area contributed by atoms with Gasteiger partial charge >= 0.3 is 37.9 Å². The van der Waals surface area contributed by atoms with Gasteiger partial charge in [-0.2, -0.15) is 6.07 Å². The zero-order valence-corrected chi connectivity index (χ0v) is 18.6. The summed E-state index contributed by atoms with van der Waals surface area (Å²) in [5, 5.41) is 2.77. The monoisotopic (exact) mass is 435 g/mol. The van der Waals surface area contributed by atoms with Gasteiger partial charge in [-0.15, -0.1) is 34.5 Å². The zero-order chi connectivity index (χ0) is 17.7. The van der Waals surface area contributed by atoms with E-state index in [1.165, 1.54) is 45.0 Å². The first kappa shape index (κ1) is 19.8. The van der Waals surface area contributed by atoms with Crippen LogP contribution < -0.4 is 0 Å². The van der Waals surface area contributed by atoms with Crippen molar-refractivity contribution >= 4 is 27.8 Å². The van der Waals surface area contributed by atoms with E-state index < -0.39 is 20.8 Å². The van der Waals surface area contributed by atoms with Crippen LogP contribution in [0, 0.1) is 13.8 Å². The van der Waals surface area contributed by atoms with Gasteiger partial charge in [-0.3, -0.25) is 0 Å². The standard InChI is InChI=1S/C21H23.2ClH.Zr/c1-5-14(2)18-12-17-11-10-16(4)21(20(17)13-18)19-9-7-6-8-15(19)3;;;/h6-14H,5H2,1-4H3;2*1H;/q-1;;;+2/p-2. The van der Waals surface area contributed by atoms with Crippen LogP contribution in [0.5, 0.6) is 0 Å². The summed E-state index contributed by atoms with van der Waals surface area (Å²) in [6.45, 7) is 8.99. The second kappa shape index (κ2) is 9.28. The summed E-state index contributed by atoms with van der Waals surface area (Å²) in [5.74, 6) is 0.627. The first-order valence-corrected chi connectivity index (χ1v) is 14.6. The molecule has 1 atom stereocenters. The summed E-state index contributed by atoms with van der Waals surface area (Å²) in [5.41, 5.74) is 6.94. The third-order valence-electron chi connectivity index (χ3n) is 4.72. The molecule has 3 aromatic rings. The topological polar surface area (TPSA) is 0 Å². The van der Waals surface area contributed by atoms with Crippen molar-refractivity contribution in [3.8, 4) is 11.1 Å². The summed E-state index contributed by atoms with van der Waals surface area (Å²) in [6, 6.07) is 18.0. The molecule has 3 rings (SSSR count). The van der Waals surface area contributed by atoms with Crippen LogP contribution in [0.2, 0.25) is 0 Å². The van der Waals surface area contributed by atoms with Crippen LogP contribution in [0.1, 0.15) is 42.9 Å². The Balaban J connectivity index is 0.000000647. The first-order valence-electron chi connectivity index (χ1n) is 8.25. The molecule has 0 fully saturated rings. The van der Waals surface area contributed by atoms with Crippen LogP contribution in [0.25, 0.3) is 21.9 Å². The molecular weight excluding hydrogens is 414 g/mol. The fraction of sp³-hybridized carbons (Fsp3) is 0.286.